The molecule has 0 aromatic carbocycles. The van der Waals surface area contributed by atoms with Crippen molar-refractivity contribution in [2.75, 3.05) is 13.1 Å². The van der Waals surface area contributed by atoms with E-state index >= 15 is 0 Å². The van der Waals surface area contributed by atoms with E-state index in [1.165, 1.54) is 19.3 Å². The highest BCUT2D eigenvalue weighted by atomic mass is 16.4. The van der Waals surface area contributed by atoms with Crippen molar-refractivity contribution in [3.8, 4) is 0 Å². The molecule has 3 nitrogen and oxygen atoms in total. The Morgan fingerprint density at radius 1 is 1.44 bits per heavy atom. The van der Waals surface area contributed by atoms with Crippen molar-refractivity contribution >= 4 is 5.97 Å². The predicted octanol–water partition coefficient (Wildman–Crippen LogP) is 2.75. The van der Waals surface area contributed by atoms with Crippen LogP contribution in [0.4, 0.5) is 0 Å². The first-order valence-electron chi connectivity index (χ1n) is 7.64. The third kappa shape index (κ3) is 1.97. The Morgan fingerprint density at radius 2 is 2.28 bits per heavy atom. The van der Waals surface area contributed by atoms with Crippen LogP contribution in [0.15, 0.2) is 0 Å². The van der Waals surface area contributed by atoms with Gasteiger partial charge < -0.3 is 5.11 Å². The molecule has 4 atom stereocenters. The Bertz CT molecular complexity index is 339. The molecule has 2 aliphatic carbocycles. The lowest BCUT2D eigenvalue weighted by Gasteiger charge is -2.43. The van der Waals surface area contributed by atoms with Gasteiger partial charge in [-0.05, 0) is 56.9 Å². The Labute approximate surface area is 110 Å². The first-order chi connectivity index (χ1) is 8.66. The Balaban J connectivity index is 1.71. The van der Waals surface area contributed by atoms with Gasteiger partial charge in [0.15, 0.2) is 0 Å². The average molecular weight is 251 g/mol. The summed E-state index contributed by atoms with van der Waals surface area (Å²) in [5, 5.41) is 9.63. The summed E-state index contributed by atoms with van der Waals surface area (Å²) in [7, 11) is 0. The largest absolute Gasteiger partial charge is 0.481 e. The summed E-state index contributed by atoms with van der Waals surface area (Å²) in [6, 6.07) is 0.714. The number of aliphatic carboxylic acids is 1. The lowest BCUT2D eigenvalue weighted by molar-refractivity contribution is -0.154. The molecule has 1 aliphatic heterocycles. The first kappa shape index (κ1) is 12.5. The van der Waals surface area contributed by atoms with E-state index in [4.69, 9.17) is 0 Å². The summed E-state index contributed by atoms with van der Waals surface area (Å²) in [6.45, 7) is 4.05. The number of rotatable bonds is 4. The van der Waals surface area contributed by atoms with Gasteiger partial charge in [0.2, 0.25) is 0 Å². The summed E-state index contributed by atoms with van der Waals surface area (Å²) in [6.07, 6.45) is 7.90. The molecule has 0 bridgehead atoms. The monoisotopic (exact) mass is 251 g/mol. The molecule has 2 saturated carbocycles. The number of likely N-dealkylation sites (tertiary alicyclic amines) is 1. The molecule has 102 valence electrons. The summed E-state index contributed by atoms with van der Waals surface area (Å²) in [5.41, 5.74) is -0.444. The molecule has 0 radical (unpaired) electrons. The predicted molar refractivity (Wildman–Crippen MR) is 70.4 cm³/mol. The van der Waals surface area contributed by atoms with E-state index in [0.29, 0.717) is 6.04 Å². The van der Waals surface area contributed by atoms with Crippen molar-refractivity contribution in [3.05, 3.63) is 0 Å². The fourth-order valence-electron chi connectivity index (χ4n) is 4.54. The second kappa shape index (κ2) is 4.52. The maximum absolute atomic E-state index is 11.7. The van der Waals surface area contributed by atoms with E-state index in [2.05, 4.69) is 11.8 Å². The number of nitrogens with zero attached hydrogens (tertiary/aromatic N) is 1. The van der Waals surface area contributed by atoms with Crippen LogP contribution in [-0.4, -0.2) is 35.1 Å². The van der Waals surface area contributed by atoms with Crippen molar-refractivity contribution in [2.24, 2.45) is 17.3 Å². The van der Waals surface area contributed by atoms with E-state index in [1.54, 1.807) is 0 Å². The molecular formula is C15H25NO2. The third-order valence-electron chi connectivity index (χ3n) is 5.56. The molecule has 3 aliphatic rings. The van der Waals surface area contributed by atoms with Crippen molar-refractivity contribution in [2.45, 2.75) is 57.9 Å². The van der Waals surface area contributed by atoms with Crippen LogP contribution < -0.4 is 0 Å². The van der Waals surface area contributed by atoms with E-state index in [0.717, 1.165) is 50.6 Å². The number of hydrogen-bond acceptors (Lipinski definition) is 2. The van der Waals surface area contributed by atoms with Crippen LogP contribution in [0.25, 0.3) is 0 Å². The highest BCUT2D eigenvalue weighted by Crippen LogP contribution is 2.54. The van der Waals surface area contributed by atoms with Crippen molar-refractivity contribution in [1.82, 2.24) is 4.90 Å². The molecule has 0 aromatic heterocycles. The van der Waals surface area contributed by atoms with Crippen LogP contribution in [0.1, 0.15) is 51.9 Å². The molecule has 0 spiro atoms. The lowest BCUT2D eigenvalue weighted by atomic mass is 9.76. The topological polar surface area (TPSA) is 40.5 Å². The van der Waals surface area contributed by atoms with Gasteiger partial charge in [0.05, 0.1) is 5.41 Å². The first-order valence-corrected chi connectivity index (χ1v) is 7.64. The Kier molecular flexibility index (Phi) is 3.13. The van der Waals surface area contributed by atoms with Gasteiger partial charge in [-0.15, -0.1) is 0 Å². The fraction of sp³-hybridized carbons (Fsp3) is 0.933. The molecule has 1 saturated heterocycles. The lowest BCUT2D eigenvalue weighted by Crippen LogP contribution is -2.51. The quantitative estimate of drug-likeness (QED) is 0.835. The number of carbonyl (C=O) groups is 1. The molecule has 1 heterocycles. The van der Waals surface area contributed by atoms with Crippen molar-refractivity contribution in [1.29, 1.82) is 0 Å². The van der Waals surface area contributed by atoms with Gasteiger partial charge in [-0.1, -0.05) is 13.3 Å². The molecule has 0 aromatic rings. The number of piperidine rings is 1. The van der Waals surface area contributed by atoms with Crippen LogP contribution >= 0.6 is 0 Å². The molecule has 3 rings (SSSR count). The SMILES string of the molecule is CCCC1(C(=O)O)CCCN(C2CCC3CC32)C1. The number of carboxylic acids is 1. The highest BCUT2D eigenvalue weighted by Gasteiger charge is 2.52. The highest BCUT2D eigenvalue weighted by molar-refractivity contribution is 5.75. The second-order valence-electron chi connectivity index (χ2n) is 6.71. The van der Waals surface area contributed by atoms with Gasteiger partial charge in [0.1, 0.15) is 0 Å². The van der Waals surface area contributed by atoms with Gasteiger partial charge in [-0.2, -0.15) is 0 Å². The van der Waals surface area contributed by atoms with Crippen molar-refractivity contribution in [3.63, 3.8) is 0 Å². The van der Waals surface area contributed by atoms with Crippen LogP contribution in [0.2, 0.25) is 0 Å². The number of carboxylic acid groups (broad SMARTS) is 1. The van der Waals surface area contributed by atoms with Crippen LogP contribution in [-0.2, 0) is 4.79 Å². The molecule has 3 fully saturated rings. The molecule has 3 heteroatoms. The van der Waals surface area contributed by atoms with E-state index < -0.39 is 11.4 Å². The maximum Gasteiger partial charge on any atom is 0.310 e. The minimum Gasteiger partial charge on any atom is -0.481 e. The zero-order chi connectivity index (χ0) is 12.8. The second-order valence-corrected chi connectivity index (χ2v) is 6.71. The van der Waals surface area contributed by atoms with E-state index in [1.807, 2.05) is 0 Å². The standard InChI is InChI=1S/C15H25NO2/c1-2-6-15(14(17)18)7-3-8-16(10-15)13-5-4-11-9-12(11)13/h11-13H,2-10H2,1H3,(H,17,18). The van der Waals surface area contributed by atoms with Crippen LogP contribution in [0, 0.1) is 17.3 Å². The smallest absolute Gasteiger partial charge is 0.310 e. The number of fused-ring (bicyclic) bond motifs is 1. The summed E-state index contributed by atoms with van der Waals surface area (Å²) >= 11 is 0. The summed E-state index contributed by atoms with van der Waals surface area (Å²) in [5.74, 6) is 1.35. The molecule has 1 N–H and O–H groups in total. The van der Waals surface area contributed by atoms with Crippen LogP contribution in [0.3, 0.4) is 0 Å². The summed E-state index contributed by atoms with van der Waals surface area (Å²) < 4.78 is 0. The molecular weight excluding hydrogens is 226 g/mol. The van der Waals surface area contributed by atoms with Gasteiger partial charge in [0, 0.05) is 12.6 Å². The maximum atomic E-state index is 11.7. The van der Waals surface area contributed by atoms with Gasteiger partial charge >= 0.3 is 5.97 Å². The van der Waals surface area contributed by atoms with Gasteiger partial charge in [0.25, 0.3) is 0 Å². The van der Waals surface area contributed by atoms with Crippen LogP contribution in [0.5, 0.6) is 0 Å². The molecule has 18 heavy (non-hydrogen) atoms. The zero-order valence-electron chi connectivity index (χ0n) is 11.4. The molecule has 0 amide bonds. The normalized spacial score (nSPS) is 43.7. The Hall–Kier alpha value is -0.570. The van der Waals surface area contributed by atoms with Gasteiger partial charge in [-0.3, -0.25) is 9.69 Å². The minimum atomic E-state index is -0.556. The minimum absolute atomic E-state index is 0.444. The Morgan fingerprint density at radius 3 is 2.83 bits per heavy atom. The summed E-state index contributed by atoms with van der Waals surface area (Å²) in [4.78, 5) is 14.2. The van der Waals surface area contributed by atoms with Gasteiger partial charge in [-0.25, -0.2) is 0 Å². The number of hydrogen-bond donors (Lipinski definition) is 1. The molecule has 4 unspecified atom stereocenters. The zero-order valence-corrected chi connectivity index (χ0v) is 11.4. The van der Waals surface area contributed by atoms with E-state index in [-0.39, 0.29) is 0 Å². The third-order valence-corrected chi connectivity index (χ3v) is 5.56. The van der Waals surface area contributed by atoms with E-state index in [9.17, 15) is 9.90 Å². The fourth-order valence-corrected chi connectivity index (χ4v) is 4.54. The van der Waals surface area contributed by atoms with Crippen molar-refractivity contribution < 1.29 is 9.90 Å². The average Bonchev–Trinajstić information content (AvgIpc) is 3.01.